The second kappa shape index (κ2) is 11.0. The summed E-state index contributed by atoms with van der Waals surface area (Å²) in [4.78, 5) is 45.3. The van der Waals surface area contributed by atoms with Gasteiger partial charge in [-0.15, -0.1) is 0 Å². The maximum absolute atomic E-state index is 12.8. The van der Waals surface area contributed by atoms with Gasteiger partial charge in [-0.2, -0.15) is 13.2 Å². The van der Waals surface area contributed by atoms with Gasteiger partial charge in [0.05, 0.1) is 16.1 Å². The molecule has 0 saturated heterocycles. The fraction of sp³-hybridized carbons (Fsp3) is 0.500. The summed E-state index contributed by atoms with van der Waals surface area (Å²) in [6.07, 6.45) is 2.25. The second-order valence-corrected chi connectivity index (χ2v) is 7.83. The largest absolute Gasteiger partial charge is 0.481 e. The number of unbranched alkanes of at least 4 members (excludes halogenated alkanes) is 3. The molecule has 1 N–H and O–H groups in total. The Kier molecular flexibility index (Phi) is 8.68. The summed E-state index contributed by atoms with van der Waals surface area (Å²) in [5, 5.41) is 19.8. The number of benzene rings is 1. The Hall–Kier alpha value is -3.04. The number of halogens is 3. The summed E-state index contributed by atoms with van der Waals surface area (Å²) in [6, 6.07) is 1.76. The highest BCUT2D eigenvalue weighted by Gasteiger charge is 2.34. The molecule has 0 spiro atoms. The zero-order valence-electron chi connectivity index (χ0n) is 17.3. The highest BCUT2D eigenvalue weighted by molar-refractivity contribution is 6.07. The van der Waals surface area contributed by atoms with Crippen molar-refractivity contribution in [3.8, 4) is 0 Å². The summed E-state index contributed by atoms with van der Waals surface area (Å²) in [6.45, 7) is 0. The molecule has 1 aliphatic carbocycles. The van der Waals surface area contributed by atoms with Gasteiger partial charge in [0.2, 0.25) is 0 Å². The summed E-state index contributed by atoms with van der Waals surface area (Å²) in [5.74, 6) is -2.09. The molecule has 0 aromatic heterocycles. The van der Waals surface area contributed by atoms with Crippen molar-refractivity contribution >= 4 is 23.2 Å². The molecular formula is C22H24F3NO6. The topological polar surface area (TPSA) is 115 Å². The Morgan fingerprint density at radius 2 is 1.88 bits per heavy atom. The monoisotopic (exact) mass is 455 g/mol. The van der Waals surface area contributed by atoms with Gasteiger partial charge in [0.1, 0.15) is 5.78 Å². The number of carbonyl (C=O) groups excluding carboxylic acids is 2. The Bertz CT molecular complexity index is 909. The number of Topliss-reactive ketones (excluding diaryl/α,β-unsaturated/α-hetero) is 1. The Morgan fingerprint density at radius 3 is 2.50 bits per heavy atom. The van der Waals surface area contributed by atoms with E-state index >= 15 is 0 Å². The third kappa shape index (κ3) is 7.00. The number of rotatable bonds is 11. The predicted octanol–water partition coefficient (Wildman–Crippen LogP) is 5.37. The minimum absolute atomic E-state index is 0.0677. The molecule has 174 valence electrons. The van der Waals surface area contributed by atoms with E-state index < -0.39 is 39.7 Å². The number of carboxylic acid groups (broad SMARTS) is 1. The van der Waals surface area contributed by atoms with Crippen LogP contribution in [0.1, 0.15) is 67.3 Å². The first kappa shape index (κ1) is 25.2. The van der Waals surface area contributed by atoms with Gasteiger partial charge in [-0.25, -0.2) is 0 Å². The molecule has 2 rings (SSSR count). The molecule has 0 aliphatic heterocycles. The first-order chi connectivity index (χ1) is 15.0. The Labute approximate surface area is 182 Å². The van der Waals surface area contributed by atoms with E-state index in [1.165, 1.54) is 6.08 Å². The van der Waals surface area contributed by atoms with Crippen LogP contribution in [0, 0.1) is 22.0 Å². The quantitative estimate of drug-likeness (QED) is 0.158. The third-order valence-electron chi connectivity index (χ3n) is 5.59. The van der Waals surface area contributed by atoms with Crippen molar-refractivity contribution in [3.63, 3.8) is 0 Å². The van der Waals surface area contributed by atoms with Crippen molar-refractivity contribution in [3.05, 3.63) is 51.6 Å². The van der Waals surface area contributed by atoms with Crippen molar-refractivity contribution in [2.45, 2.75) is 57.5 Å². The van der Waals surface area contributed by atoms with Gasteiger partial charge in [-0.3, -0.25) is 24.5 Å². The van der Waals surface area contributed by atoms with Crippen molar-refractivity contribution in [2.75, 3.05) is 0 Å². The fourth-order valence-corrected chi connectivity index (χ4v) is 3.90. The number of nitrogens with zero attached hydrogens (tertiary/aromatic N) is 1. The normalized spacial score (nSPS) is 18.9. The summed E-state index contributed by atoms with van der Waals surface area (Å²) in [5.41, 5.74) is -2.58. The Balaban J connectivity index is 2.03. The van der Waals surface area contributed by atoms with Crippen LogP contribution < -0.4 is 0 Å². The van der Waals surface area contributed by atoms with Gasteiger partial charge in [-0.05, 0) is 43.4 Å². The van der Waals surface area contributed by atoms with Crippen molar-refractivity contribution < 1.29 is 37.6 Å². The van der Waals surface area contributed by atoms with Crippen LogP contribution in [0.25, 0.3) is 0 Å². The third-order valence-corrected chi connectivity index (χ3v) is 5.59. The molecule has 0 heterocycles. The van der Waals surface area contributed by atoms with E-state index in [1.54, 1.807) is 0 Å². The van der Waals surface area contributed by atoms with Crippen molar-refractivity contribution in [2.24, 2.45) is 11.8 Å². The lowest BCUT2D eigenvalue weighted by molar-refractivity contribution is -0.385. The lowest BCUT2D eigenvalue weighted by atomic mass is 9.89. The van der Waals surface area contributed by atoms with Gasteiger partial charge in [0.25, 0.3) is 5.69 Å². The number of allylic oxidation sites excluding steroid dienone is 2. The number of alkyl halides is 3. The fourth-order valence-electron chi connectivity index (χ4n) is 3.90. The van der Waals surface area contributed by atoms with Crippen LogP contribution in [0.2, 0.25) is 0 Å². The lowest BCUT2D eigenvalue weighted by Gasteiger charge is -2.14. The molecule has 1 aromatic rings. The Morgan fingerprint density at radius 1 is 1.19 bits per heavy atom. The zero-order chi connectivity index (χ0) is 23.9. The molecule has 1 fully saturated rings. The minimum atomic E-state index is -4.77. The molecule has 32 heavy (non-hydrogen) atoms. The molecule has 0 amide bonds. The van der Waals surface area contributed by atoms with Gasteiger partial charge in [-0.1, -0.05) is 25.3 Å². The number of hydrogen-bond donors (Lipinski definition) is 1. The maximum Gasteiger partial charge on any atom is 0.416 e. The average molecular weight is 455 g/mol. The zero-order valence-corrected chi connectivity index (χ0v) is 17.3. The average Bonchev–Trinajstić information content (AvgIpc) is 3.06. The molecule has 10 heteroatoms. The van der Waals surface area contributed by atoms with E-state index in [2.05, 4.69) is 0 Å². The lowest BCUT2D eigenvalue weighted by Crippen LogP contribution is -2.14. The van der Waals surface area contributed by atoms with Gasteiger partial charge in [0, 0.05) is 24.8 Å². The van der Waals surface area contributed by atoms with Crippen LogP contribution in [0.15, 0.2) is 30.4 Å². The van der Waals surface area contributed by atoms with E-state index in [9.17, 15) is 37.7 Å². The van der Waals surface area contributed by atoms with Gasteiger partial charge >= 0.3 is 12.1 Å². The smallest absolute Gasteiger partial charge is 0.416 e. The first-order valence-corrected chi connectivity index (χ1v) is 10.3. The number of ketones is 2. The second-order valence-electron chi connectivity index (χ2n) is 7.83. The first-order valence-electron chi connectivity index (χ1n) is 10.3. The maximum atomic E-state index is 12.8. The highest BCUT2D eigenvalue weighted by atomic mass is 19.4. The summed E-state index contributed by atoms with van der Waals surface area (Å²) >= 11 is 0. The van der Waals surface area contributed by atoms with Crippen molar-refractivity contribution in [1.29, 1.82) is 0 Å². The molecule has 0 bridgehead atoms. The van der Waals surface area contributed by atoms with Crippen LogP contribution in [0.5, 0.6) is 0 Å². The summed E-state index contributed by atoms with van der Waals surface area (Å²) < 4.78 is 38.5. The molecule has 1 aromatic carbocycles. The van der Waals surface area contributed by atoms with Gasteiger partial charge < -0.3 is 5.11 Å². The number of carbonyl (C=O) groups is 3. The number of nitro benzene ring substituents is 1. The van der Waals surface area contributed by atoms with E-state index in [1.807, 2.05) is 0 Å². The van der Waals surface area contributed by atoms with E-state index in [-0.39, 0.29) is 24.0 Å². The van der Waals surface area contributed by atoms with E-state index in [4.69, 9.17) is 5.11 Å². The van der Waals surface area contributed by atoms with E-state index in [0.29, 0.717) is 37.8 Å². The highest BCUT2D eigenvalue weighted by Crippen LogP contribution is 2.35. The number of hydrogen-bond acceptors (Lipinski definition) is 5. The molecule has 1 saturated carbocycles. The molecule has 7 nitrogen and oxygen atoms in total. The van der Waals surface area contributed by atoms with Crippen LogP contribution in [0.4, 0.5) is 18.9 Å². The van der Waals surface area contributed by atoms with Crippen molar-refractivity contribution in [1.82, 2.24) is 0 Å². The van der Waals surface area contributed by atoms with Crippen LogP contribution in [0.3, 0.4) is 0 Å². The van der Waals surface area contributed by atoms with Crippen LogP contribution in [-0.2, 0) is 15.8 Å². The number of carboxylic acids is 1. The molecule has 0 radical (unpaired) electrons. The molecular weight excluding hydrogens is 431 g/mol. The number of aliphatic carboxylic acids is 1. The molecule has 2 unspecified atom stereocenters. The standard InChI is InChI=1S/C22H24F3NO6/c23-22(24,25)15-9-10-17(18(13-15)26(31)32)20(28)12-8-14-7-11-19(27)16(14)5-3-1-2-4-6-21(29)30/h8-10,12-14,16H,1-7,11H2,(H,29,30). The van der Waals surface area contributed by atoms with Crippen LogP contribution >= 0.6 is 0 Å². The van der Waals surface area contributed by atoms with Gasteiger partial charge in [0.15, 0.2) is 5.78 Å². The van der Waals surface area contributed by atoms with Crippen LogP contribution in [-0.4, -0.2) is 27.6 Å². The molecule has 2 atom stereocenters. The van der Waals surface area contributed by atoms with E-state index in [0.717, 1.165) is 31.4 Å². The number of nitro groups is 1. The minimum Gasteiger partial charge on any atom is -0.481 e. The summed E-state index contributed by atoms with van der Waals surface area (Å²) in [7, 11) is 0. The predicted molar refractivity (Wildman–Crippen MR) is 108 cm³/mol. The SMILES string of the molecule is O=C(O)CCCCCCC1C(=O)CCC1C=CC(=O)c1ccc(C(F)(F)F)cc1[N+](=O)[O-]. The molecule has 1 aliphatic rings.